The number of allylic oxidation sites excluding steroid dienone is 2. The molecule has 126 valence electrons. The summed E-state index contributed by atoms with van der Waals surface area (Å²) in [5, 5.41) is 18.5. The standard InChI is InChI=1S/C20H34O2/c1-15-6-9-18-19(2,3)11-5-12-20(18,4)17(15)8-7-16(14-22)10-13-21/h7,17-18,21-22H,1,5-6,8-14H2,2-4H3. The van der Waals surface area contributed by atoms with Crippen LogP contribution in [0.1, 0.15) is 65.7 Å². The van der Waals surface area contributed by atoms with Crippen molar-refractivity contribution in [2.45, 2.75) is 65.7 Å². The van der Waals surface area contributed by atoms with Crippen LogP contribution in [-0.4, -0.2) is 23.4 Å². The molecule has 22 heavy (non-hydrogen) atoms. The summed E-state index contributed by atoms with van der Waals surface area (Å²) in [5.41, 5.74) is 3.14. The Labute approximate surface area is 136 Å². The minimum atomic E-state index is 0.0609. The van der Waals surface area contributed by atoms with E-state index in [4.69, 9.17) is 5.11 Å². The fraction of sp³-hybridized carbons (Fsp3) is 0.800. The summed E-state index contributed by atoms with van der Waals surface area (Å²) in [5.74, 6) is 1.29. The van der Waals surface area contributed by atoms with Gasteiger partial charge < -0.3 is 10.2 Å². The van der Waals surface area contributed by atoms with Crippen LogP contribution in [0.25, 0.3) is 0 Å². The molecule has 3 unspecified atom stereocenters. The Balaban J connectivity index is 2.22. The highest BCUT2D eigenvalue weighted by Crippen LogP contribution is 2.61. The highest BCUT2D eigenvalue weighted by molar-refractivity contribution is 5.18. The minimum absolute atomic E-state index is 0.0609. The highest BCUT2D eigenvalue weighted by atomic mass is 16.3. The molecule has 2 aliphatic carbocycles. The first-order valence-electron chi connectivity index (χ1n) is 8.92. The maximum absolute atomic E-state index is 9.43. The average molecular weight is 306 g/mol. The minimum Gasteiger partial charge on any atom is -0.396 e. The van der Waals surface area contributed by atoms with Crippen LogP contribution >= 0.6 is 0 Å². The third-order valence-corrected chi connectivity index (χ3v) is 6.60. The first-order valence-corrected chi connectivity index (χ1v) is 8.92. The largest absolute Gasteiger partial charge is 0.396 e. The molecule has 0 radical (unpaired) electrons. The van der Waals surface area contributed by atoms with Crippen LogP contribution in [-0.2, 0) is 0 Å². The molecule has 2 aliphatic rings. The molecule has 0 saturated heterocycles. The van der Waals surface area contributed by atoms with Gasteiger partial charge in [0.1, 0.15) is 0 Å². The number of fused-ring (bicyclic) bond motifs is 1. The van der Waals surface area contributed by atoms with Crippen LogP contribution in [0.5, 0.6) is 0 Å². The molecule has 3 atom stereocenters. The maximum atomic E-state index is 9.43. The molecular weight excluding hydrogens is 272 g/mol. The van der Waals surface area contributed by atoms with Gasteiger partial charge in [0.2, 0.25) is 0 Å². The Morgan fingerprint density at radius 3 is 2.64 bits per heavy atom. The van der Waals surface area contributed by atoms with Crippen molar-refractivity contribution >= 4 is 0 Å². The second-order valence-corrected chi connectivity index (χ2v) is 8.38. The maximum Gasteiger partial charge on any atom is 0.0642 e. The van der Waals surface area contributed by atoms with Crippen molar-refractivity contribution in [3.8, 4) is 0 Å². The van der Waals surface area contributed by atoms with Crippen molar-refractivity contribution in [1.29, 1.82) is 0 Å². The zero-order valence-corrected chi connectivity index (χ0v) is 14.7. The van der Waals surface area contributed by atoms with E-state index in [0.717, 1.165) is 24.3 Å². The van der Waals surface area contributed by atoms with Crippen molar-refractivity contribution in [3.05, 3.63) is 23.8 Å². The number of rotatable bonds is 5. The van der Waals surface area contributed by atoms with E-state index >= 15 is 0 Å². The fourth-order valence-electron chi connectivity index (χ4n) is 5.38. The summed E-state index contributed by atoms with van der Waals surface area (Å²) in [7, 11) is 0. The van der Waals surface area contributed by atoms with Gasteiger partial charge in [-0.2, -0.15) is 0 Å². The van der Waals surface area contributed by atoms with Gasteiger partial charge in [0.25, 0.3) is 0 Å². The summed E-state index contributed by atoms with van der Waals surface area (Å²) in [4.78, 5) is 0. The molecule has 2 heteroatoms. The lowest BCUT2D eigenvalue weighted by atomic mass is 9.47. The van der Waals surface area contributed by atoms with Crippen LogP contribution in [0, 0.1) is 22.7 Å². The molecule has 2 nitrogen and oxygen atoms in total. The van der Waals surface area contributed by atoms with Gasteiger partial charge in [-0.05, 0) is 66.8 Å². The Bertz CT molecular complexity index is 435. The van der Waals surface area contributed by atoms with E-state index in [1.165, 1.54) is 31.3 Å². The Morgan fingerprint density at radius 1 is 1.27 bits per heavy atom. The van der Waals surface area contributed by atoms with Gasteiger partial charge in [-0.15, -0.1) is 0 Å². The van der Waals surface area contributed by atoms with E-state index in [2.05, 4.69) is 33.4 Å². The van der Waals surface area contributed by atoms with Crippen molar-refractivity contribution in [2.75, 3.05) is 13.2 Å². The fourth-order valence-corrected chi connectivity index (χ4v) is 5.38. The number of hydrogen-bond acceptors (Lipinski definition) is 2. The highest BCUT2D eigenvalue weighted by Gasteiger charge is 2.52. The van der Waals surface area contributed by atoms with Gasteiger partial charge in [0.15, 0.2) is 0 Å². The first-order chi connectivity index (χ1) is 10.3. The molecule has 0 aliphatic heterocycles. The number of aliphatic hydroxyl groups excluding tert-OH is 2. The molecule has 0 aromatic carbocycles. The van der Waals surface area contributed by atoms with E-state index in [1.54, 1.807) is 0 Å². The molecule has 2 rings (SSSR count). The predicted molar refractivity (Wildman–Crippen MR) is 92.6 cm³/mol. The van der Waals surface area contributed by atoms with Crippen LogP contribution in [0.2, 0.25) is 0 Å². The van der Waals surface area contributed by atoms with Gasteiger partial charge in [-0.25, -0.2) is 0 Å². The SMILES string of the molecule is C=C1CCC2C(C)(C)CCCC2(C)C1CC=C(CO)CCO. The third kappa shape index (κ3) is 3.33. The van der Waals surface area contributed by atoms with Crippen molar-refractivity contribution < 1.29 is 10.2 Å². The average Bonchev–Trinajstić information content (AvgIpc) is 2.44. The van der Waals surface area contributed by atoms with Gasteiger partial charge >= 0.3 is 0 Å². The molecule has 0 aromatic heterocycles. The molecule has 0 aromatic rings. The topological polar surface area (TPSA) is 40.5 Å². The summed E-state index contributed by atoms with van der Waals surface area (Å²) in [6.45, 7) is 11.9. The van der Waals surface area contributed by atoms with Gasteiger partial charge in [-0.1, -0.05) is 45.4 Å². The Morgan fingerprint density at radius 2 is 2.00 bits per heavy atom. The van der Waals surface area contributed by atoms with Crippen LogP contribution in [0.4, 0.5) is 0 Å². The number of aliphatic hydroxyl groups is 2. The lowest BCUT2D eigenvalue weighted by molar-refractivity contribution is -0.0511. The van der Waals surface area contributed by atoms with E-state index in [-0.39, 0.29) is 13.2 Å². The molecule has 0 amide bonds. The summed E-state index contributed by atoms with van der Waals surface area (Å²) in [6, 6.07) is 0. The lowest BCUT2D eigenvalue weighted by Crippen LogP contribution is -2.49. The molecule has 0 bridgehead atoms. The molecule has 0 spiro atoms. The summed E-state index contributed by atoms with van der Waals surface area (Å²) in [6.07, 6.45) is 10.1. The van der Waals surface area contributed by atoms with Crippen LogP contribution < -0.4 is 0 Å². The monoisotopic (exact) mass is 306 g/mol. The second kappa shape index (κ2) is 6.88. The zero-order chi connectivity index (χ0) is 16.4. The third-order valence-electron chi connectivity index (χ3n) is 6.60. The number of hydrogen-bond donors (Lipinski definition) is 2. The predicted octanol–water partition coefficient (Wildman–Crippen LogP) is 4.48. The van der Waals surface area contributed by atoms with E-state index < -0.39 is 0 Å². The quantitative estimate of drug-likeness (QED) is 0.735. The molecule has 2 N–H and O–H groups in total. The Kier molecular flexibility index (Phi) is 5.55. The van der Waals surface area contributed by atoms with Crippen molar-refractivity contribution in [3.63, 3.8) is 0 Å². The normalized spacial score (nSPS) is 35.3. The molecule has 0 heterocycles. The van der Waals surface area contributed by atoms with Crippen molar-refractivity contribution in [2.24, 2.45) is 22.7 Å². The van der Waals surface area contributed by atoms with Crippen molar-refractivity contribution in [1.82, 2.24) is 0 Å². The van der Waals surface area contributed by atoms with E-state index in [1.807, 2.05) is 0 Å². The van der Waals surface area contributed by atoms with E-state index in [9.17, 15) is 5.11 Å². The molecule has 2 fully saturated rings. The Hall–Kier alpha value is -0.600. The van der Waals surface area contributed by atoms with Crippen LogP contribution in [0.3, 0.4) is 0 Å². The summed E-state index contributed by atoms with van der Waals surface area (Å²) < 4.78 is 0. The smallest absolute Gasteiger partial charge is 0.0642 e. The summed E-state index contributed by atoms with van der Waals surface area (Å²) >= 11 is 0. The van der Waals surface area contributed by atoms with Gasteiger partial charge in [-0.3, -0.25) is 0 Å². The van der Waals surface area contributed by atoms with E-state index in [0.29, 0.717) is 23.2 Å². The van der Waals surface area contributed by atoms with Crippen LogP contribution in [0.15, 0.2) is 23.8 Å². The molecular formula is C20H34O2. The van der Waals surface area contributed by atoms with Gasteiger partial charge in [0, 0.05) is 6.61 Å². The molecule has 2 saturated carbocycles. The second-order valence-electron chi connectivity index (χ2n) is 8.38. The first kappa shape index (κ1) is 17.7. The van der Waals surface area contributed by atoms with Gasteiger partial charge in [0.05, 0.1) is 6.61 Å². The lowest BCUT2D eigenvalue weighted by Gasteiger charge is -2.58. The zero-order valence-electron chi connectivity index (χ0n) is 14.7.